The topological polar surface area (TPSA) is 66.8 Å². The van der Waals surface area contributed by atoms with Gasteiger partial charge in [-0.15, -0.1) is 6.58 Å². The first-order valence-corrected chi connectivity index (χ1v) is 5.55. The fourth-order valence-corrected chi connectivity index (χ4v) is 1.83. The van der Waals surface area contributed by atoms with E-state index in [1.54, 1.807) is 17.0 Å². The molecule has 1 aliphatic heterocycles. The van der Waals surface area contributed by atoms with Crippen LogP contribution >= 0.6 is 0 Å². The monoisotopic (exact) mass is 247 g/mol. The van der Waals surface area contributed by atoms with Crippen LogP contribution in [0.2, 0.25) is 0 Å². The van der Waals surface area contributed by atoms with Crippen LogP contribution in [0.5, 0.6) is 5.75 Å². The molecule has 0 saturated heterocycles. The fraction of sp³-hybridized carbons (Fsp3) is 0.231. The van der Waals surface area contributed by atoms with Crippen molar-refractivity contribution in [3.63, 3.8) is 0 Å². The summed E-state index contributed by atoms with van der Waals surface area (Å²) in [6.07, 6.45) is 1.89. The molecule has 1 aliphatic rings. The lowest BCUT2D eigenvalue weighted by Crippen LogP contribution is -2.30. The normalized spacial score (nSPS) is 14.4. The van der Waals surface area contributed by atoms with E-state index in [1.165, 1.54) is 12.1 Å². The third-order valence-electron chi connectivity index (χ3n) is 2.68. The van der Waals surface area contributed by atoms with Crippen molar-refractivity contribution in [2.45, 2.75) is 6.42 Å². The summed E-state index contributed by atoms with van der Waals surface area (Å²) in [4.78, 5) is 24.3. The van der Waals surface area contributed by atoms with E-state index < -0.39 is 5.97 Å². The molecule has 1 aromatic carbocycles. The number of amides is 1. The number of carbonyl (C=O) groups is 2. The first-order chi connectivity index (χ1) is 8.63. The Morgan fingerprint density at radius 3 is 3.00 bits per heavy atom. The molecule has 1 amide bonds. The Morgan fingerprint density at radius 2 is 2.33 bits per heavy atom. The zero-order valence-corrected chi connectivity index (χ0v) is 9.76. The molecule has 0 saturated carbocycles. The molecule has 0 spiro atoms. The SMILES string of the molecule is C=CCN1C(=O)CCOc2cc(C(=O)O)ccc21. The van der Waals surface area contributed by atoms with E-state index in [-0.39, 0.29) is 24.5 Å². The summed E-state index contributed by atoms with van der Waals surface area (Å²) in [6.45, 7) is 4.24. The summed E-state index contributed by atoms with van der Waals surface area (Å²) in [5.74, 6) is -0.661. The molecule has 1 aromatic rings. The van der Waals surface area contributed by atoms with Crippen LogP contribution in [0.15, 0.2) is 30.9 Å². The highest BCUT2D eigenvalue weighted by molar-refractivity contribution is 5.97. The average Bonchev–Trinajstić information content (AvgIpc) is 2.49. The minimum Gasteiger partial charge on any atom is -0.491 e. The first-order valence-electron chi connectivity index (χ1n) is 5.55. The molecule has 2 rings (SSSR count). The van der Waals surface area contributed by atoms with Crippen molar-refractivity contribution in [3.05, 3.63) is 36.4 Å². The van der Waals surface area contributed by atoms with E-state index in [9.17, 15) is 9.59 Å². The molecular formula is C13H13NO4. The van der Waals surface area contributed by atoms with E-state index >= 15 is 0 Å². The van der Waals surface area contributed by atoms with Gasteiger partial charge in [0.2, 0.25) is 5.91 Å². The number of benzene rings is 1. The highest BCUT2D eigenvalue weighted by atomic mass is 16.5. The van der Waals surface area contributed by atoms with Crippen LogP contribution in [0.3, 0.4) is 0 Å². The molecule has 5 nitrogen and oxygen atoms in total. The quantitative estimate of drug-likeness (QED) is 0.825. The number of fused-ring (bicyclic) bond motifs is 1. The number of carboxylic acid groups (broad SMARTS) is 1. The van der Waals surface area contributed by atoms with E-state index in [0.29, 0.717) is 18.0 Å². The number of hydrogen-bond donors (Lipinski definition) is 1. The van der Waals surface area contributed by atoms with Gasteiger partial charge in [0.25, 0.3) is 0 Å². The lowest BCUT2D eigenvalue weighted by atomic mass is 10.1. The van der Waals surface area contributed by atoms with Crippen LogP contribution in [0, 0.1) is 0 Å². The van der Waals surface area contributed by atoms with Gasteiger partial charge in [0.05, 0.1) is 24.3 Å². The predicted molar refractivity (Wildman–Crippen MR) is 66.1 cm³/mol. The van der Waals surface area contributed by atoms with Gasteiger partial charge < -0.3 is 14.7 Å². The Labute approximate surface area is 104 Å². The van der Waals surface area contributed by atoms with Crippen molar-refractivity contribution >= 4 is 17.6 Å². The maximum atomic E-state index is 11.9. The summed E-state index contributed by atoms with van der Waals surface area (Å²) in [5, 5.41) is 8.93. The van der Waals surface area contributed by atoms with Crippen LogP contribution < -0.4 is 9.64 Å². The lowest BCUT2D eigenvalue weighted by Gasteiger charge is -2.20. The van der Waals surface area contributed by atoms with Gasteiger partial charge in [-0.2, -0.15) is 0 Å². The summed E-state index contributed by atoms with van der Waals surface area (Å²) in [7, 11) is 0. The van der Waals surface area contributed by atoms with Gasteiger partial charge in [-0.25, -0.2) is 4.79 Å². The van der Waals surface area contributed by atoms with Gasteiger partial charge in [0.1, 0.15) is 5.75 Å². The Bertz CT molecular complexity index is 510. The fourth-order valence-electron chi connectivity index (χ4n) is 1.83. The Hall–Kier alpha value is -2.30. The van der Waals surface area contributed by atoms with Crippen molar-refractivity contribution in [1.82, 2.24) is 0 Å². The number of carbonyl (C=O) groups excluding carboxylic acids is 1. The number of anilines is 1. The molecule has 0 fully saturated rings. The lowest BCUT2D eigenvalue weighted by molar-refractivity contribution is -0.118. The van der Waals surface area contributed by atoms with Crippen LogP contribution in [0.1, 0.15) is 16.8 Å². The molecule has 0 aromatic heterocycles. The van der Waals surface area contributed by atoms with Crippen molar-refractivity contribution in [3.8, 4) is 5.75 Å². The van der Waals surface area contributed by atoms with Gasteiger partial charge >= 0.3 is 5.97 Å². The zero-order chi connectivity index (χ0) is 13.1. The second-order valence-electron chi connectivity index (χ2n) is 3.88. The Morgan fingerprint density at radius 1 is 1.56 bits per heavy atom. The third kappa shape index (κ3) is 2.20. The second kappa shape index (κ2) is 4.91. The first kappa shape index (κ1) is 12.2. The standard InChI is InChI=1S/C13H13NO4/c1-2-6-14-10-4-3-9(13(16)17)8-11(10)18-7-5-12(14)15/h2-4,8H,1,5-7H2,(H,16,17). The number of rotatable bonds is 3. The van der Waals surface area contributed by atoms with Crippen molar-refractivity contribution < 1.29 is 19.4 Å². The molecule has 94 valence electrons. The maximum Gasteiger partial charge on any atom is 0.335 e. The molecule has 18 heavy (non-hydrogen) atoms. The number of aromatic carboxylic acids is 1. The van der Waals surface area contributed by atoms with Crippen molar-refractivity contribution in [1.29, 1.82) is 0 Å². The molecule has 0 atom stereocenters. The van der Waals surface area contributed by atoms with Gasteiger partial charge in [0, 0.05) is 6.54 Å². The predicted octanol–water partition coefficient (Wildman–Crippen LogP) is 1.69. The molecule has 5 heteroatoms. The Balaban J connectivity index is 2.46. The molecule has 1 N–H and O–H groups in total. The number of nitrogens with zero attached hydrogens (tertiary/aromatic N) is 1. The average molecular weight is 247 g/mol. The van der Waals surface area contributed by atoms with Crippen LogP contribution in [0.25, 0.3) is 0 Å². The molecule has 1 heterocycles. The molecule has 0 aliphatic carbocycles. The highest BCUT2D eigenvalue weighted by Crippen LogP contribution is 2.32. The van der Waals surface area contributed by atoms with E-state index in [0.717, 1.165) is 0 Å². The minimum atomic E-state index is -1.02. The smallest absolute Gasteiger partial charge is 0.335 e. The molecular weight excluding hydrogens is 234 g/mol. The number of carboxylic acids is 1. The van der Waals surface area contributed by atoms with E-state index in [4.69, 9.17) is 9.84 Å². The maximum absolute atomic E-state index is 11.9. The summed E-state index contributed by atoms with van der Waals surface area (Å²) in [5.41, 5.74) is 0.726. The van der Waals surface area contributed by atoms with Crippen molar-refractivity contribution in [2.24, 2.45) is 0 Å². The highest BCUT2D eigenvalue weighted by Gasteiger charge is 2.23. The summed E-state index contributed by atoms with van der Waals surface area (Å²) < 4.78 is 5.43. The summed E-state index contributed by atoms with van der Waals surface area (Å²) in [6, 6.07) is 4.48. The minimum absolute atomic E-state index is 0.0586. The van der Waals surface area contributed by atoms with Crippen molar-refractivity contribution in [2.75, 3.05) is 18.1 Å². The van der Waals surface area contributed by atoms with E-state index in [2.05, 4.69) is 6.58 Å². The molecule has 0 bridgehead atoms. The summed E-state index contributed by atoms with van der Waals surface area (Å²) >= 11 is 0. The van der Waals surface area contributed by atoms with Crippen LogP contribution in [-0.2, 0) is 4.79 Å². The van der Waals surface area contributed by atoms with Gasteiger partial charge in [0.15, 0.2) is 0 Å². The van der Waals surface area contributed by atoms with E-state index in [1.807, 2.05) is 0 Å². The number of ether oxygens (including phenoxy) is 1. The van der Waals surface area contributed by atoms with Crippen LogP contribution in [0.4, 0.5) is 5.69 Å². The number of hydrogen-bond acceptors (Lipinski definition) is 3. The largest absolute Gasteiger partial charge is 0.491 e. The Kier molecular flexibility index (Phi) is 3.32. The van der Waals surface area contributed by atoms with Gasteiger partial charge in [-0.05, 0) is 18.2 Å². The van der Waals surface area contributed by atoms with Crippen LogP contribution in [-0.4, -0.2) is 30.1 Å². The third-order valence-corrected chi connectivity index (χ3v) is 2.68. The zero-order valence-electron chi connectivity index (χ0n) is 9.76. The molecule has 0 unspecified atom stereocenters. The molecule has 0 radical (unpaired) electrons. The van der Waals surface area contributed by atoms with Gasteiger partial charge in [-0.1, -0.05) is 6.08 Å². The van der Waals surface area contributed by atoms with Gasteiger partial charge in [-0.3, -0.25) is 4.79 Å². The second-order valence-corrected chi connectivity index (χ2v) is 3.88.